The van der Waals surface area contributed by atoms with E-state index in [-0.39, 0.29) is 52.6 Å². The first-order valence-corrected chi connectivity index (χ1v) is 24.7. The average Bonchev–Trinajstić information content (AvgIpc) is 3.97. The Morgan fingerprint density at radius 3 is 2.45 bits per heavy atom. The number of hydrogen-bond acceptors (Lipinski definition) is 7. The van der Waals surface area contributed by atoms with E-state index in [4.69, 9.17) is 23.2 Å². The van der Waals surface area contributed by atoms with Gasteiger partial charge in [-0.25, -0.2) is 14.2 Å². The third-order valence-electron chi connectivity index (χ3n) is 15.9. The van der Waals surface area contributed by atoms with Gasteiger partial charge in [0, 0.05) is 66.4 Å². The molecule has 6 heterocycles. The Bertz CT molecular complexity index is 2570. The van der Waals surface area contributed by atoms with Gasteiger partial charge in [0.25, 0.3) is 0 Å². The smallest absolute Gasteiger partial charge is 0.329 e. The van der Waals surface area contributed by atoms with Crippen molar-refractivity contribution in [1.29, 1.82) is 0 Å². The van der Waals surface area contributed by atoms with Crippen LogP contribution in [0.2, 0.25) is 10.0 Å². The Morgan fingerprint density at radius 1 is 0.894 bits per heavy atom. The van der Waals surface area contributed by atoms with Crippen molar-refractivity contribution in [2.75, 3.05) is 29.9 Å². The highest BCUT2D eigenvalue weighted by molar-refractivity contribution is 6.31. The molecule has 4 aromatic rings. The van der Waals surface area contributed by atoms with E-state index in [9.17, 15) is 24.0 Å². The third kappa shape index (κ3) is 7.84. The number of anilines is 2. The number of hydrogen-bond donors (Lipinski definition) is 4. The zero-order valence-electron chi connectivity index (χ0n) is 37.1. The van der Waals surface area contributed by atoms with E-state index < -0.39 is 34.8 Å². The Kier molecular flexibility index (Phi) is 12.4. The summed E-state index contributed by atoms with van der Waals surface area (Å²) in [7, 11) is 0. The number of nitrogens with one attached hydrogen (secondary N) is 4. The first-order chi connectivity index (χ1) is 32.0. The molecule has 2 aliphatic carbocycles. The molecule has 66 heavy (non-hydrogen) atoms. The lowest BCUT2D eigenvalue weighted by Gasteiger charge is -2.47. The van der Waals surface area contributed by atoms with Gasteiger partial charge in [0.1, 0.15) is 22.7 Å². The number of carbonyl (C=O) groups is 5. The lowest BCUT2D eigenvalue weighted by atomic mass is 9.55. The molecule has 3 atom stereocenters. The van der Waals surface area contributed by atoms with Crippen LogP contribution in [0.1, 0.15) is 119 Å². The van der Waals surface area contributed by atoms with Crippen LogP contribution in [0.25, 0.3) is 5.65 Å². The summed E-state index contributed by atoms with van der Waals surface area (Å²) in [6, 6.07) is 12.7. The second-order valence-electron chi connectivity index (χ2n) is 19.5. The van der Waals surface area contributed by atoms with Crippen LogP contribution in [0.4, 0.5) is 20.7 Å². The molecule has 5 fully saturated rings. The summed E-state index contributed by atoms with van der Waals surface area (Å²) in [5.74, 6) is -0.993. The molecule has 16 heteroatoms. The van der Waals surface area contributed by atoms with Crippen LogP contribution in [-0.2, 0) is 31.0 Å². The van der Waals surface area contributed by atoms with E-state index in [1.165, 1.54) is 6.07 Å². The standard InChI is InChI=1S/C50H57Cl2FN8O5/c51-33-15-18-36-38(28-33)56-47(65)50(36)41(35-11-6-12-37(52)42(35)53)43(58-49(50)22-4-1-5-23-49)45(63)55-34-16-13-32(14-17-34)46(64)59-25-19-30(20-26-59)8-2-3-9-31-10-7-24-60-40(29-54-44(31)60)61-27-21-39(62)57-48(61)66/h6-7,10-12,15,18,24,28-30,32,34,41,43,58H,1-5,8-9,13-14,16-17,19-23,25-27H2,(H,55,63)(H,56,65)(H,57,62,66)/t32?,34?,41-,43+,50+/m0/s1. The SMILES string of the molecule is O=C1CCN(c2cnc3c(CCCCC4CCN(C(=O)C5CCC(NC(=O)[C@@H]6NC7(CCCCC7)[C@@]7(C(=O)Nc8cc(Cl)ccc87)[C@H]6c6cccc(Cl)c6F)CC5)CC4)cccn23)C(=O)N1. The van der Waals surface area contributed by atoms with Gasteiger partial charge in [-0.15, -0.1) is 0 Å². The second kappa shape index (κ2) is 18.2. The molecule has 2 spiro atoms. The quantitative estimate of drug-likeness (QED) is 0.117. The lowest BCUT2D eigenvalue weighted by Crippen LogP contribution is -2.60. The van der Waals surface area contributed by atoms with Gasteiger partial charge in [-0.1, -0.05) is 79.6 Å². The van der Waals surface area contributed by atoms with Gasteiger partial charge in [0.15, 0.2) is 0 Å². The summed E-state index contributed by atoms with van der Waals surface area (Å²) in [6.45, 7) is 1.84. The van der Waals surface area contributed by atoms with Gasteiger partial charge in [0.2, 0.25) is 23.6 Å². The Labute approximate surface area is 393 Å². The van der Waals surface area contributed by atoms with E-state index >= 15 is 4.39 Å². The fourth-order valence-corrected chi connectivity index (χ4v) is 13.0. The largest absolute Gasteiger partial charge is 0.352 e. The van der Waals surface area contributed by atoms with Crippen LogP contribution in [0, 0.1) is 17.7 Å². The zero-order chi connectivity index (χ0) is 45.7. The van der Waals surface area contributed by atoms with Crippen molar-refractivity contribution >= 4 is 70.0 Å². The Morgan fingerprint density at radius 2 is 1.68 bits per heavy atom. The van der Waals surface area contributed by atoms with E-state index in [1.54, 1.807) is 35.4 Å². The maximum absolute atomic E-state index is 16.3. The molecular weight excluding hydrogens is 883 g/mol. The molecule has 0 unspecified atom stereocenters. The fourth-order valence-electron chi connectivity index (χ4n) is 12.7. The van der Waals surface area contributed by atoms with Crippen molar-refractivity contribution in [2.24, 2.45) is 11.8 Å². The molecule has 0 bridgehead atoms. The Hall–Kier alpha value is -5.05. The summed E-state index contributed by atoms with van der Waals surface area (Å²) in [4.78, 5) is 75.7. The number of fused-ring (bicyclic) bond motifs is 4. The zero-order valence-corrected chi connectivity index (χ0v) is 38.6. The summed E-state index contributed by atoms with van der Waals surface area (Å²) in [5.41, 5.74) is 1.38. The third-order valence-corrected chi connectivity index (χ3v) is 16.4. The highest BCUT2D eigenvalue weighted by Crippen LogP contribution is 2.63. The number of carbonyl (C=O) groups excluding carboxylic acids is 5. The summed E-state index contributed by atoms with van der Waals surface area (Å²) in [5, 5.41) is 12.9. The number of imidazole rings is 1. The van der Waals surface area contributed by atoms with Crippen LogP contribution >= 0.6 is 23.2 Å². The van der Waals surface area contributed by atoms with Crippen LogP contribution in [-0.4, -0.2) is 81.2 Å². The minimum Gasteiger partial charge on any atom is -0.352 e. The number of urea groups is 1. The van der Waals surface area contributed by atoms with Gasteiger partial charge >= 0.3 is 6.03 Å². The fraction of sp³-hybridized carbons (Fsp3) is 0.520. The molecule has 4 aliphatic heterocycles. The number of amides is 6. The summed E-state index contributed by atoms with van der Waals surface area (Å²) in [6.07, 6.45) is 16.6. The minimum absolute atomic E-state index is 0.0615. The van der Waals surface area contributed by atoms with Crippen LogP contribution in [0.5, 0.6) is 0 Å². The molecule has 13 nitrogen and oxygen atoms in total. The number of aromatic nitrogens is 2. The van der Waals surface area contributed by atoms with Crippen LogP contribution in [0.15, 0.2) is 60.9 Å². The minimum atomic E-state index is -1.29. The lowest BCUT2D eigenvalue weighted by molar-refractivity contribution is -0.138. The van der Waals surface area contributed by atoms with Gasteiger partial charge < -0.3 is 15.5 Å². The van der Waals surface area contributed by atoms with Gasteiger partial charge in [0.05, 0.1) is 17.3 Å². The van der Waals surface area contributed by atoms with Crippen molar-refractivity contribution in [3.8, 4) is 0 Å². The van der Waals surface area contributed by atoms with Crippen molar-refractivity contribution in [1.82, 2.24) is 30.2 Å². The number of halogens is 3. The second-order valence-corrected chi connectivity index (χ2v) is 20.4. The number of imide groups is 1. The molecule has 348 valence electrons. The van der Waals surface area contributed by atoms with E-state index in [0.29, 0.717) is 67.5 Å². The van der Waals surface area contributed by atoms with Gasteiger partial charge in [-0.05, 0) is 111 Å². The van der Waals surface area contributed by atoms with Crippen molar-refractivity contribution in [3.63, 3.8) is 0 Å². The van der Waals surface area contributed by atoms with E-state index in [0.717, 1.165) is 87.7 Å². The van der Waals surface area contributed by atoms with Crippen molar-refractivity contribution < 1.29 is 28.4 Å². The molecule has 6 aliphatic rings. The van der Waals surface area contributed by atoms with Crippen LogP contribution in [0.3, 0.4) is 0 Å². The topological polar surface area (TPSA) is 157 Å². The average molecular weight is 940 g/mol. The van der Waals surface area contributed by atoms with E-state index in [1.807, 2.05) is 27.6 Å². The van der Waals surface area contributed by atoms with Crippen molar-refractivity contribution in [2.45, 2.75) is 132 Å². The number of aryl methyl sites for hydroxylation is 1. The monoisotopic (exact) mass is 938 g/mol. The van der Waals surface area contributed by atoms with Gasteiger partial charge in [-0.2, -0.15) is 0 Å². The van der Waals surface area contributed by atoms with Crippen LogP contribution < -0.4 is 26.2 Å². The first kappa shape index (κ1) is 44.8. The number of rotatable bonds is 10. The highest BCUT2D eigenvalue weighted by Gasteiger charge is 2.72. The molecule has 2 aromatic carbocycles. The summed E-state index contributed by atoms with van der Waals surface area (Å²) < 4.78 is 18.3. The molecule has 4 N–H and O–H groups in total. The maximum Gasteiger partial charge on any atom is 0.329 e. The molecule has 2 aromatic heterocycles. The number of unbranched alkanes of at least 4 members (excludes halogenated alkanes) is 1. The predicted molar refractivity (Wildman–Crippen MR) is 250 cm³/mol. The predicted octanol–water partition coefficient (Wildman–Crippen LogP) is 8.20. The van der Waals surface area contributed by atoms with Gasteiger partial charge in [-0.3, -0.25) is 39.1 Å². The van der Waals surface area contributed by atoms with Crippen molar-refractivity contribution in [3.05, 3.63) is 93.5 Å². The number of likely N-dealkylation sites (tertiary alicyclic amines) is 1. The molecule has 6 amide bonds. The maximum atomic E-state index is 16.3. The molecule has 0 radical (unpaired) electrons. The molecule has 10 rings (SSSR count). The normalized spacial score (nSPS) is 26.5. The first-order valence-electron chi connectivity index (χ1n) is 24.0. The Balaban J connectivity index is 0.737. The van der Waals surface area contributed by atoms with E-state index in [2.05, 4.69) is 32.3 Å². The summed E-state index contributed by atoms with van der Waals surface area (Å²) >= 11 is 12.9. The number of pyridine rings is 1. The molecule has 2 saturated carbocycles. The molecule has 3 saturated heterocycles. The number of benzene rings is 2. The molecular formula is C50H57Cl2FN8O5. The number of nitrogens with zero attached hydrogens (tertiary/aromatic N) is 4. The number of piperidine rings is 1. The highest BCUT2D eigenvalue weighted by atomic mass is 35.5.